The van der Waals surface area contributed by atoms with Crippen molar-refractivity contribution in [3.05, 3.63) is 78.3 Å². The second-order valence-electron chi connectivity index (χ2n) is 10.8. The van der Waals surface area contributed by atoms with Gasteiger partial charge >= 0.3 is 11.9 Å². The van der Waals surface area contributed by atoms with Gasteiger partial charge in [-0.2, -0.15) is 0 Å². The Bertz CT molecular complexity index is 1630. The van der Waals surface area contributed by atoms with E-state index in [1.165, 1.54) is 17.4 Å². The van der Waals surface area contributed by atoms with Crippen LogP contribution in [-0.4, -0.2) is 61.2 Å². The van der Waals surface area contributed by atoms with Gasteiger partial charge in [0, 0.05) is 24.1 Å². The Morgan fingerprint density at radius 2 is 1.79 bits per heavy atom. The van der Waals surface area contributed by atoms with E-state index in [0.717, 1.165) is 48.7 Å². The molecule has 2 aliphatic rings. The summed E-state index contributed by atoms with van der Waals surface area (Å²) in [4.78, 5) is 42.9. The quantitative estimate of drug-likeness (QED) is 0.260. The minimum absolute atomic E-state index is 0.116. The van der Waals surface area contributed by atoms with Crippen LogP contribution in [0.5, 0.6) is 5.75 Å². The minimum Gasteiger partial charge on any atom is -0.488 e. The van der Waals surface area contributed by atoms with E-state index in [1.54, 1.807) is 48.9 Å². The molecule has 2 atom stereocenters. The van der Waals surface area contributed by atoms with Gasteiger partial charge in [-0.3, -0.25) is 4.79 Å². The largest absolute Gasteiger partial charge is 0.488 e. The van der Waals surface area contributed by atoms with Gasteiger partial charge in [0.1, 0.15) is 30.0 Å². The van der Waals surface area contributed by atoms with E-state index in [-0.39, 0.29) is 18.9 Å². The van der Waals surface area contributed by atoms with E-state index >= 15 is 0 Å². The predicted molar refractivity (Wildman–Crippen MR) is 154 cm³/mol. The van der Waals surface area contributed by atoms with E-state index < -0.39 is 24.1 Å². The first kappa shape index (κ1) is 27.3. The summed E-state index contributed by atoms with van der Waals surface area (Å²) in [7, 11) is 0. The summed E-state index contributed by atoms with van der Waals surface area (Å²) < 4.78 is 13.6. The number of benzene rings is 2. The first-order valence-corrected chi connectivity index (χ1v) is 14.1. The Labute approximate surface area is 241 Å². The maximum atomic E-state index is 13.7. The number of imidazole rings is 1. The van der Waals surface area contributed by atoms with Crippen LogP contribution in [0.25, 0.3) is 28.5 Å². The number of hydrogen-bond acceptors (Lipinski definition) is 6. The average Bonchev–Trinajstić information content (AvgIpc) is 3.75. The molecule has 42 heavy (non-hydrogen) atoms. The molecular weight excluding hydrogens is 538 g/mol. The standard InChI is InChI=1S/C32H31N3O7/c36-29(37)13-8-20-6-10-24(11-7-20)42-25-17-28(32(39)40)34(18-25)31(38)21-9-12-27-26(16-21)33-30(22-14-15-41-19-22)35(27)23-4-2-1-3-5-23/h6-16,19,23,25,28H,1-5,17-18H2,(H,36,37)(H,39,40)/t25-,28+/m1/s1. The van der Waals surface area contributed by atoms with Crippen LogP contribution in [0.15, 0.2) is 71.6 Å². The third-order valence-corrected chi connectivity index (χ3v) is 8.07. The van der Waals surface area contributed by atoms with Crippen molar-refractivity contribution in [3.8, 4) is 17.1 Å². The Morgan fingerprint density at radius 1 is 1.00 bits per heavy atom. The van der Waals surface area contributed by atoms with Crippen molar-refractivity contribution >= 4 is 35.0 Å². The molecule has 1 aliphatic carbocycles. The lowest BCUT2D eigenvalue weighted by Gasteiger charge is -2.25. The molecule has 0 radical (unpaired) electrons. The molecule has 2 aromatic heterocycles. The fraction of sp³-hybridized carbons (Fsp3) is 0.312. The van der Waals surface area contributed by atoms with Crippen molar-refractivity contribution in [3.63, 3.8) is 0 Å². The molecule has 1 aliphatic heterocycles. The third kappa shape index (κ3) is 5.52. The molecule has 1 saturated heterocycles. The van der Waals surface area contributed by atoms with Gasteiger partial charge < -0.3 is 28.8 Å². The summed E-state index contributed by atoms with van der Waals surface area (Å²) in [5.74, 6) is -1.21. The number of rotatable bonds is 8. The molecule has 1 saturated carbocycles. The number of nitrogens with zero attached hydrogens (tertiary/aromatic N) is 3. The fourth-order valence-electron chi connectivity index (χ4n) is 6.06. The summed E-state index contributed by atoms with van der Waals surface area (Å²) in [6.45, 7) is 0.116. The average molecular weight is 570 g/mol. The molecule has 4 aromatic rings. The van der Waals surface area contributed by atoms with E-state index in [2.05, 4.69) is 4.57 Å². The number of furan rings is 1. The third-order valence-electron chi connectivity index (χ3n) is 8.07. The lowest BCUT2D eigenvalue weighted by Crippen LogP contribution is -2.40. The second-order valence-corrected chi connectivity index (χ2v) is 10.8. The maximum Gasteiger partial charge on any atom is 0.328 e. The Morgan fingerprint density at radius 3 is 2.48 bits per heavy atom. The highest BCUT2D eigenvalue weighted by Crippen LogP contribution is 2.36. The summed E-state index contributed by atoms with van der Waals surface area (Å²) in [5.41, 5.74) is 3.55. The van der Waals surface area contributed by atoms with Crippen molar-refractivity contribution in [1.82, 2.24) is 14.5 Å². The number of aromatic nitrogens is 2. The lowest BCUT2D eigenvalue weighted by atomic mass is 9.95. The van der Waals surface area contributed by atoms with Crippen LogP contribution in [0.4, 0.5) is 0 Å². The highest BCUT2D eigenvalue weighted by molar-refractivity contribution is 6.00. The van der Waals surface area contributed by atoms with Crippen molar-refractivity contribution in [2.24, 2.45) is 0 Å². The lowest BCUT2D eigenvalue weighted by molar-refractivity contribution is -0.141. The normalized spacial score (nSPS) is 19.5. The van der Waals surface area contributed by atoms with Crippen LogP contribution in [-0.2, 0) is 9.59 Å². The summed E-state index contributed by atoms with van der Waals surface area (Å²) in [5, 5.41) is 18.7. The number of carbonyl (C=O) groups excluding carboxylic acids is 1. The number of likely N-dealkylation sites (tertiary alicyclic amines) is 1. The van der Waals surface area contributed by atoms with Gasteiger partial charge in [0.05, 0.1) is 29.4 Å². The van der Waals surface area contributed by atoms with Crippen LogP contribution >= 0.6 is 0 Å². The molecule has 0 unspecified atom stereocenters. The first-order valence-electron chi connectivity index (χ1n) is 14.1. The molecule has 2 N–H and O–H groups in total. The van der Waals surface area contributed by atoms with Crippen molar-refractivity contribution in [2.45, 2.75) is 56.7 Å². The van der Waals surface area contributed by atoms with Gasteiger partial charge in [-0.05, 0) is 60.9 Å². The van der Waals surface area contributed by atoms with Crippen molar-refractivity contribution < 1.29 is 33.8 Å². The monoisotopic (exact) mass is 569 g/mol. The number of hydrogen-bond donors (Lipinski definition) is 2. The Hall–Kier alpha value is -4.86. The zero-order valence-electron chi connectivity index (χ0n) is 22.9. The molecule has 10 heteroatoms. The van der Waals surface area contributed by atoms with Gasteiger partial charge in [0.15, 0.2) is 0 Å². The number of carboxylic acids is 2. The number of carbonyl (C=O) groups is 3. The van der Waals surface area contributed by atoms with Crippen molar-refractivity contribution in [1.29, 1.82) is 0 Å². The second kappa shape index (κ2) is 11.6. The van der Waals surface area contributed by atoms with Crippen LogP contribution in [0, 0.1) is 0 Å². The number of aliphatic carboxylic acids is 2. The zero-order valence-corrected chi connectivity index (χ0v) is 22.9. The number of fused-ring (bicyclic) bond motifs is 1. The minimum atomic E-state index is -1.09. The van der Waals surface area contributed by atoms with Crippen LogP contribution in [0.1, 0.15) is 60.5 Å². The van der Waals surface area contributed by atoms with Gasteiger partial charge in [0.2, 0.25) is 0 Å². The number of ether oxygens (including phenoxy) is 1. The summed E-state index contributed by atoms with van der Waals surface area (Å²) >= 11 is 0. The van der Waals surface area contributed by atoms with E-state index in [4.69, 9.17) is 19.2 Å². The van der Waals surface area contributed by atoms with Crippen molar-refractivity contribution in [2.75, 3.05) is 6.54 Å². The van der Waals surface area contributed by atoms with Crippen LogP contribution < -0.4 is 4.74 Å². The fourth-order valence-corrected chi connectivity index (χ4v) is 6.06. The van der Waals surface area contributed by atoms with Gasteiger partial charge in [-0.15, -0.1) is 0 Å². The molecule has 2 fully saturated rings. The number of amides is 1. The van der Waals surface area contributed by atoms with Gasteiger partial charge in [-0.1, -0.05) is 31.4 Å². The summed E-state index contributed by atoms with van der Waals surface area (Å²) in [6, 6.07) is 13.4. The number of carboxylic acid groups (broad SMARTS) is 2. The van der Waals surface area contributed by atoms with E-state index in [1.807, 2.05) is 12.1 Å². The molecule has 3 heterocycles. The molecule has 0 bridgehead atoms. The summed E-state index contributed by atoms with van der Waals surface area (Å²) in [6.07, 6.45) is 11.1. The van der Waals surface area contributed by atoms with Gasteiger partial charge in [0.25, 0.3) is 5.91 Å². The molecule has 2 aromatic carbocycles. The Balaban J connectivity index is 1.24. The van der Waals surface area contributed by atoms with Crippen LogP contribution in [0.3, 0.4) is 0 Å². The Kier molecular flexibility index (Phi) is 7.52. The SMILES string of the molecule is O=C(O)C=Cc1ccc(O[C@@H]2C[C@@H](C(=O)O)N(C(=O)c3ccc4c(c3)nc(-c3ccoc3)n4C3CCCCC3)C2)cc1. The molecule has 6 rings (SSSR count). The highest BCUT2D eigenvalue weighted by Gasteiger charge is 2.41. The molecule has 216 valence electrons. The zero-order chi connectivity index (χ0) is 29.2. The smallest absolute Gasteiger partial charge is 0.328 e. The molecule has 10 nitrogen and oxygen atoms in total. The topological polar surface area (TPSA) is 135 Å². The maximum absolute atomic E-state index is 13.7. The van der Waals surface area contributed by atoms with E-state index in [9.17, 15) is 19.5 Å². The van der Waals surface area contributed by atoms with Crippen LogP contribution in [0.2, 0.25) is 0 Å². The molecular formula is C32H31N3O7. The highest BCUT2D eigenvalue weighted by atomic mass is 16.5. The first-order chi connectivity index (χ1) is 20.4. The van der Waals surface area contributed by atoms with Gasteiger partial charge in [-0.25, -0.2) is 14.6 Å². The predicted octanol–water partition coefficient (Wildman–Crippen LogP) is 5.65. The molecule has 1 amide bonds. The molecule has 0 spiro atoms. The van der Waals surface area contributed by atoms with E-state index in [0.29, 0.717) is 28.4 Å².